The third-order valence-corrected chi connectivity index (χ3v) is 3.20. The van der Waals surface area contributed by atoms with E-state index < -0.39 is 0 Å². The second-order valence-corrected chi connectivity index (χ2v) is 4.97. The molecular formula is C13H19Cl2N. The van der Waals surface area contributed by atoms with Gasteiger partial charge in [0.25, 0.3) is 0 Å². The molecule has 3 heteroatoms. The van der Waals surface area contributed by atoms with E-state index in [1.807, 2.05) is 18.2 Å². The Morgan fingerprint density at radius 2 is 2.06 bits per heavy atom. The number of nitrogens with one attached hydrogen (secondary N) is 1. The molecule has 0 bridgehead atoms. The summed E-state index contributed by atoms with van der Waals surface area (Å²) in [5.74, 6) is 0. The van der Waals surface area contributed by atoms with E-state index in [9.17, 15) is 0 Å². The minimum Gasteiger partial charge on any atom is -0.314 e. The normalized spacial score (nSPS) is 12.8. The Labute approximate surface area is 108 Å². The van der Waals surface area contributed by atoms with Gasteiger partial charge in [-0.1, -0.05) is 30.1 Å². The quantitative estimate of drug-likeness (QED) is 0.803. The van der Waals surface area contributed by atoms with E-state index in [-0.39, 0.29) is 0 Å². The predicted molar refractivity (Wildman–Crippen MR) is 72.5 cm³/mol. The molecule has 0 aliphatic carbocycles. The van der Waals surface area contributed by atoms with Crippen LogP contribution in [0.2, 0.25) is 10.0 Å². The van der Waals surface area contributed by atoms with E-state index in [0.29, 0.717) is 6.04 Å². The molecule has 1 aromatic rings. The summed E-state index contributed by atoms with van der Waals surface area (Å²) in [5, 5.41) is 5.03. The zero-order valence-corrected chi connectivity index (χ0v) is 11.4. The average Bonchev–Trinajstić information content (AvgIpc) is 2.27. The molecule has 0 aliphatic heterocycles. The molecule has 0 aliphatic rings. The minimum atomic E-state index is 0.523. The highest BCUT2D eigenvalue weighted by atomic mass is 35.5. The molecular weight excluding hydrogens is 241 g/mol. The number of hydrogen-bond donors (Lipinski definition) is 1. The highest BCUT2D eigenvalue weighted by Gasteiger charge is 2.05. The van der Waals surface area contributed by atoms with Gasteiger partial charge in [-0.05, 0) is 56.5 Å². The van der Waals surface area contributed by atoms with Crippen LogP contribution in [-0.4, -0.2) is 12.6 Å². The van der Waals surface area contributed by atoms with Crippen molar-refractivity contribution < 1.29 is 0 Å². The number of aryl methyl sites for hydroxylation is 1. The molecule has 90 valence electrons. The molecule has 0 radical (unpaired) electrons. The lowest BCUT2D eigenvalue weighted by Crippen LogP contribution is -2.27. The summed E-state index contributed by atoms with van der Waals surface area (Å²) in [6, 6.07) is 6.17. The third-order valence-electron chi connectivity index (χ3n) is 2.60. The van der Waals surface area contributed by atoms with Gasteiger partial charge < -0.3 is 5.32 Å². The van der Waals surface area contributed by atoms with Gasteiger partial charge >= 0.3 is 0 Å². The fourth-order valence-corrected chi connectivity index (χ4v) is 2.01. The monoisotopic (exact) mass is 259 g/mol. The molecule has 0 amide bonds. The van der Waals surface area contributed by atoms with Gasteiger partial charge in [0.1, 0.15) is 0 Å². The third kappa shape index (κ3) is 4.73. The van der Waals surface area contributed by atoms with E-state index in [4.69, 9.17) is 23.2 Å². The maximum Gasteiger partial charge on any atom is 0.0439 e. The van der Waals surface area contributed by atoms with Gasteiger partial charge in [0.05, 0.1) is 0 Å². The largest absolute Gasteiger partial charge is 0.314 e. The first-order chi connectivity index (χ1) is 7.63. The van der Waals surface area contributed by atoms with Crippen LogP contribution >= 0.6 is 23.2 Å². The summed E-state index contributed by atoms with van der Waals surface area (Å²) < 4.78 is 0. The van der Waals surface area contributed by atoms with Crippen molar-refractivity contribution in [3.63, 3.8) is 0 Å². The highest BCUT2D eigenvalue weighted by Crippen LogP contribution is 2.22. The van der Waals surface area contributed by atoms with Crippen molar-refractivity contribution in [2.45, 2.75) is 39.2 Å². The topological polar surface area (TPSA) is 12.0 Å². The number of benzene rings is 1. The molecule has 0 heterocycles. The van der Waals surface area contributed by atoms with Crippen molar-refractivity contribution in [2.24, 2.45) is 0 Å². The Balaban J connectivity index is 2.44. The molecule has 0 spiro atoms. The molecule has 0 aromatic heterocycles. The van der Waals surface area contributed by atoms with E-state index in [1.54, 1.807) is 0 Å². The van der Waals surface area contributed by atoms with Crippen LogP contribution in [0.3, 0.4) is 0 Å². The van der Waals surface area contributed by atoms with Gasteiger partial charge in [-0.15, -0.1) is 0 Å². The first kappa shape index (κ1) is 13.8. The van der Waals surface area contributed by atoms with E-state index in [2.05, 4.69) is 19.2 Å². The van der Waals surface area contributed by atoms with Gasteiger partial charge in [-0.3, -0.25) is 0 Å². The second kappa shape index (κ2) is 7.16. The van der Waals surface area contributed by atoms with E-state index >= 15 is 0 Å². The Morgan fingerprint density at radius 3 is 2.75 bits per heavy atom. The van der Waals surface area contributed by atoms with Crippen LogP contribution in [-0.2, 0) is 6.42 Å². The van der Waals surface area contributed by atoms with Crippen LogP contribution in [0.15, 0.2) is 18.2 Å². The average molecular weight is 260 g/mol. The smallest absolute Gasteiger partial charge is 0.0439 e. The van der Waals surface area contributed by atoms with Crippen molar-refractivity contribution in [3.8, 4) is 0 Å². The molecule has 1 aromatic carbocycles. The molecule has 0 saturated carbocycles. The molecule has 0 fully saturated rings. The second-order valence-electron chi connectivity index (χ2n) is 4.13. The van der Waals surface area contributed by atoms with Crippen molar-refractivity contribution in [1.29, 1.82) is 0 Å². The Bertz CT molecular complexity index is 326. The van der Waals surface area contributed by atoms with Crippen LogP contribution in [0, 0.1) is 0 Å². The molecule has 0 saturated heterocycles. The summed E-state index contributed by atoms with van der Waals surface area (Å²) in [4.78, 5) is 0. The predicted octanol–water partition coefficient (Wildman–Crippen LogP) is 4.31. The Morgan fingerprint density at radius 1 is 1.31 bits per heavy atom. The first-order valence-corrected chi connectivity index (χ1v) is 6.56. The molecule has 16 heavy (non-hydrogen) atoms. The van der Waals surface area contributed by atoms with Gasteiger partial charge in [-0.25, -0.2) is 0 Å². The Kier molecular flexibility index (Phi) is 6.18. The van der Waals surface area contributed by atoms with Gasteiger partial charge in [0.15, 0.2) is 0 Å². The lowest BCUT2D eigenvalue weighted by Gasteiger charge is -2.13. The van der Waals surface area contributed by atoms with Crippen molar-refractivity contribution in [3.05, 3.63) is 33.8 Å². The van der Waals surface area contributed by atoms with Gasteiger partial charge in [-0.2, -0.15) is 0 Å². The molecule has 1 unspecified atom stereocenters. The summed E-state index contributed by atoms with van der Waals surface area (Å²) >= 11 is 12.0. The summed E-state index contributed by atoms with van der Waals surface area (Å²) in [7, 11) is 0. The summed E-state index contributed by atoms with van der Waals surface area (Å²) in [6.45, 7) is 5.45. The Hall–Kier alpha value is -0.240. The van der Waals surface area contributed by atoms with Crippen molar-refractivity contribution in [1.82, 2.24) is 5.32 Å². The molecule has 1 rings (SSSR count). The van der Waals surface area contributed by atoms with Crippen LogP contribution in [0.4, 0.5) is 0 Å². The van der Waals surface area contributed by atoms with E-state index in [1.165, 1.54) is 6.42 Å². The lowest BCUT2D eigenvalue weighted by atomic mass is 10.1. The minimum absolute atomic E-state index is 0.523. The first-order valence-electron chi connectivity index (χ1n) is 5.80. The summed E-state index contributed by atoms with van der Waals surface area (Å²) in [6.07, 6.45) is 3.22. The standard InChI is InChI=1S/C13H19Cl2N/c1-3-8-16-10(2)4-5-11-9-12(14)6-7-13(11)15/h6-7,9-10,16H,3-5,8H2,1-2H3. The number of hydrogen-bond acceptors (Lipinski definition) is 1. The van der Waals surface area contributed by atoms with Crippen LogP contribution in [0.25, 0.3) is 0 Å². The fourth-order valence-electron chi connectivity index (χ4n) is 1.60. The number of halogens is 2. The molecule has 1 nitrogen and oxygen atoms in total. The van der Waals surface area contributed by atoms with Gasteiger partial charge in [0, 0.05) is 16.1 Å². The van der Waals surface area contributed by atoms with Crippen LogP contribution < -0.4 is 5.32 Å². The van der Waals surface area contributed by atoms with Crippen LogP contribution in [0.5, 0.6) is 0 Å². The summed E-state index contributed by atoms with van der Waals surface area (Å²) in [5.41, 5.74) is 1.14. The van der Waals surface area contributed by atoms with Crippen molar-refractivity contribution in [2.75, 3.05) is 6.54 Å². The highest BCUT2D eigenvalue weighted by molar-refractivity contribution is 6.33. The lowest BCUT2D eigenvalue weighted by molar-refractivity contribution is 0.514. The maximum atomic E-state index is 6.10. The molecule has 1 atom stereocenters. The number of rotatable bonds is 6. The molecule has 1 N–H and O–H groups in total. The fraction of sp³-hybridized carbons (Fsp3) is 0.538. The van der Waals surface area contributed by atoms with Gasteiger partial charge in [0.2, 0.25) is 0 Å². The van der Waals surface area contributed by atoms with Crippen molar-refractivity contribution >= 4 is 23.2 Å². The van der Waals surface area contributed by atoms with E-state index in [0.717, 1.165) is 35.0 Å². The maximum absolute atomic E-state index is 6.10. The zero-order valence-electron chi connectivity index (χ0n) is 9.89. The SMILES string of the molecule is CCCNC(C)CCc1cc(Cl)ccc1Cl. The zero-order chi connectivity index (χ0) is 12.0. The van der Waals surface area contributed by atoms with Crippen LogP contribution in [0.1, 0.15) is 32.3 Å².